The van der Waals surface area contributed by atoms with E-state index < -0.39 is 24.0 Å². The molecule has 0 unspecified atom stereocenters. The van der Waals surface area contributed by atoms with Crippen LogP contribution in [0.25, 0.3) is 11.1 Å². The minimum Gasteiger partial charge on any atom is -0.459 e. The average molecular weight is 510 g/mol. The van der Waals surface area contributed by atoms with Crippen LogP contribution in [0.2, 0.25) is 0 Å². The second-order valence-electron chi connectivity index (χ2n) is 8.12. The van der Waals surface area contributed by atoms with E-state index in [1.54, 1.807) is 0 Å². The molecule has 0 saturated heterocycles. The van der Waals surface area contributed by atoms with Crippen molar-refractivity contribution in [2.45, 2.75) is 18.6 Å². The summed E-state index contributed by atoms with van der Waals surface area (Å²) in [5, 5.41) is 5.02. The van der Waals surface area contributed by atoms with Crippen molar-refractivity contribution in [3.8, 4) is 11.1 Å². The van der Waals surface area contributed by atoms with Crippen molar-refractivity contribution in [1.29, 1.82) is 0 Å². The monoisotopic (exact) mass is 509 g/mol. The van der Waals surface area contributed by atoms with E-state index in [9.17, 15) is 14.4 Å². The number of hydrogen-bond acceptors (Lipinski definition) is 6. The van der Waals surface area contributed by atoms with Gasteiger partial charge in [0.25, 0.3) is 0 Å². The second kappa shape index (κ2) is 12.7. The Bertz CT molecular complexity index is 1160. The number of hydrogen-bond donors (Lipinski definition) is 3. The lowest BCUT2D eigenvalue weighted by molar-refractivity contribution is -0.147. The zero-order valence-corrected chi connectivity index (χ0v) is 20.3. The third kappa shape index (κ3) is 6.41. The number of esters is 1. The molecule has 0 aliphatic heterocycles. The average Bonchev–Trinajstić information content (AvgIpc) is 3.22. The second-order valence-corrected chi connectivity index (χ2v) is 8.12. The highest BCUT2D eigenvalue weighted by Gasteiger charge is 2.30. The maximum Gasteiger partial charge on any atom is 0.407 e. The Morgan fingerprint density at radius 2 is 1.42 bits per heavy atom. The summed E-state index contributed by atoms with van der Waals surface area (Å²) in [4.78, 5) is 36.9. The number of alkyl carbamates (subject to hydrolysis) is 1. The quantitative estimate of drug-likeness (QED) is 0.381. The Hall–Kier alpha value is -3.88. The molecule has 0 heterocycles. The van der Waals surface area contributed by atoms with Crippen molar-refractivity contribution in [3.63, 3.8) is 0 Å². The molecule has 0 bridgehead atoms. The summed E-state index contributed by atoms with van der Waals surface area (Å²) in [5.74, 6) is -1.27. The highest BCUT2D eigenvalue weighted by molar-refractivity contribution is 5.85. The lowest BCUT2D eigenvalue weighted by atomic mass is 9.98. The van der Waals surface area contributed by atoms with Crippen LogP contribution in [-0.4, -0.2) is 43.7 Å². The van der Waals surface area contributed by atoms with Crippen LogP contribution in [0.15, 0.2) is 78.9 Å². The summed E-state index contributed by atoms with van der Waals surface area (Å²) in [6, 6.07) is 24.0. The normalized spacial score (nSPS) is 12.4. The minimum absolute atomic E-state index is 0. The van der Waals surface area contributed by atoms with E-state index in [0.29, 0.717) is 0 Å². The van der Waals surface area contributed by atoms with Gasteiger partial charge in [0, 0.05) is 12.5 Å². The van der Waals surface area contributed by atoms with Crippen LogP contribution in [0.4, 0.5) is 4.79 Å². The van der Waals surface area contributed by atoms with Crippen LogP contribution in [0.5, 0.6) is 0 Å². The predicted molar refractivity (Wildman–Crippen MR) is 138 cm³/mol. The molecule has 0 saturated carbocycles. The highest BCUT2D eigenvalue weighted by Crippen LogP contribution is 2.44. The number of fused-ring (bicyclic) bond motifs is 3. The van der Waals surface area contributed by atoms with Gasteiger partial charge in [0.05, 0.1) is 6.54 Å². The lowest BCUT2D eigenvalue weighted by Gasteiger charge is -2.19. The van der Waals surface area contributed by atoms with Gasteiger partial charge >= 0.3 is 12.1 Å². The van der Waals surface area contributed by atoms with Crippen molar-refractivity contribution < 1.29 is 23.9 Å². The maximum atomic E-state index is 12.7. The summed E-state index contributed by atoms with van der Waals surface area (Å²) in [7, 11) is 0. The number of nitrogens with two attached hydrogens (primary N) is 1. The van der Waals surface area contributed by atoms with E-state index in [2.05, 4.69) is 10.6 Å². The number of rotatable bonds is 9. The Morgan fingerprint density at radius 1 is 0.833 bits per heavy atom. The molecular weight excluding hydrogens is 482 g/mol. The standard InChI is InChI=1S/C27H27N3O5.ClH/c28-14-25(31)29-15-24(26(32)34-16-18-8-2-1-3-9-18)30-27(33)35-17-23-21-12-6-4-10-19(21)20-11-5-7-13-22(20)23;/h1-13,23-24H,14-17,28H2,(H,29,31)(H,30,33);1H/t24-;/m0./s1. The number of amides is 2. The molecule has 3 aromatic carbocycles. The lowest BCUT2D eigenvalue weighted by Crippen LogP contribution is -2.50. The van der Waals surface area contributed by atoms with Gasteiger partial charge in [0.15, 0.2) is 0 Å². The van der Waals surface area contributed by atoms with E-state index >= 15 is 0 Å². The largest absolute Gasteiger partial charge is 0.459 e. The highest BCUT2D eigenvalue weighted by atomic mass is 35.5. The summed E-state index contributed by atoms with van der Waals surface area (Å²) in [5.41, 5.74) is 10.5. The van der Waals surface area contributed by atoms with Crippen molar-refractivity contribution in [2.75, 3.05) is 19.7 Å². The molecule has 1 aliphatic rings. The number of nitrogens with one attached hydrogen (secondary N) is 2. The fraction of sp³-hybridized carbons (Fsp3) is 0.222. The summed E-state index contributed by atoms with van der Waals surface area (Å²) in [6.07, 6.45) is -0.782. The van der Waals surface area contributed by atoms with E-state index in [1.807, 2.05) is 78.9 Å². The maximum absolute atomic E-state index is 12.7. The van der Waals surface area contributed by atoms with Gasteiger partial charge in [-0.3, -0.25) is 4.79 Å². The molecule has 9 heteroatoms. The molecule has 36 heavy (non-hydrogen) atoms. The molecule has 8 nitrogen and oxygen atoms in total. The Balaban J connectivity index is 0.00000361. The van der Waals surface area contributed by atoms with Crippen LogP contribution in [0.1, 0.15) is 22.6 Å². The van der Waals surface area contributed by atoms with E-state index in [1.165, 1.54) is 0 Å². The Kier molecular flexibility index (Phi) is 9.44. The third-order valence-electron chi connectivity index (χ3n) is 5.83. The molecule has 3 aromatic rings. The van der Waals surface area contributed by atoms with E-state index in [4.69, 9.17) is 15.2 Å². The Labute approximate surface area is 215 Å². The molecule has 4 rings (SSSR count). The molecule has 2 amide bonds. The van der Waals surface area contributed by atoms with Crippen LogP contribution < -0.4 is 16.4 Å². The minimum atomic E-state index is -1.13. The number of carbonyl (C=O) groups is 3. The number of ether oxygens (including phenoxy) is 2. The number of carbonyl (C=O) groups excluding carboxylic acids is 3. The van der Waals surface area contributed by atoms with Crippen molar-refractivity contribution in [3.05, 3.63) is 95.6 Å². The number of halogens is 1. The van der Waals surface area contributed by atoms with Gasteiger partial charge < -0.3 is 25.8 Å². The van der Waals surface area contributed by atoms with E-state index in [-0.39, 0.29) is 44.6 Å². The first-order valence-corrected chi connectivity index (χ1v) is 11.4. The zero-order valence-electron chi connectivity index (χ0n) is 19.5. The molecule has 1 atom stereocenters. The van der Waals surface area contributed by atoms with Crippen LogP contribution in [0.3, 0.4) is 0 Å². The van der Waals surface area contributed by atoms with Crippen molar-refractivity contribution in [1.82, 2.24) is 10.6 Å². The summed E-state index contributed by atoms with van der Waals surface area (Å²) < 4.78 is 10.9. The van der Waals surface area contributed by atoms with Crippen LogP contribution in [-0.2, 0) is 25.7 Å². The smallest absolute Gasteiger partial charge is 0.407 e. The first kappa shape index (κ1) is 26.7. The van der Waals surface area contributed by atoms with Gasteiger partial charge in [-0.2, -0.15) is 0 Å². The fourth-order valence-corrected chi connectivity index (χ4v) is 4.09. The zero-order chi connectivity index (χ0) is 24.6. The van der Waals surface area contributed by atoms with Crippen LogP contribution >= 0.6 is 12.4 Å². The van der Waals surface area contributed by atoms with Gasteiger partial charge in [-0.1, -0.05) is 78.9 Å². The van der Waals surface area contributed by atoms with Gasteiger partial charge in [0.2, 0.25) is 5.91 Å². The molecule has 0 radical (unpaired) electrons. The SMILES string of the molecule is Cl.NCC(=O)NC[C@H](NC(=O)OCC1c2ccccc2-c2ccccc21)C(=O)OCc1ccccc1. The molecule has 0 aromatic heterocycles. The topological polar surface area (TPSA) is 120 Å². The van der Waals surface area contributed by atoms with Crippen molar-refractivity contribution in [2.24, 2.45) is 5.73 Å². The van der Waals surface area contributed by atoms with Gasteiger partial charge in [0.1, 0.15) is 19.3 Å². The molecule has 188 valence electrons. The third-order valence-corrected chi connectivity index (χ3v) is 5.83. The fourth-order valence-electron chi connectivity index (χ4n) is 4.09. The van der Waals surface area contributed by atoms with E-state index in [0.717, 1.165) is 27.8 Å². The first-order chi connectivity index (χ1) is 17.1. The molecule has 1 aliphatic carbocycles. The Morgan fingerprint density at radius 3 is 2.03 bits per heavy atom. The molecular formula is C27H28ClN3O5. The molecule has 0 spiro atoms. The molecule has 4 N–H and O–H groups in total. The van der Waals surface area contributed by atoms with Gasteiger partial charge in [-0.15, -0.1) is 12.4 Å². The van der Waals surface area contributed by atoms with Gasteiger partial charge in [-0.05, 0) is 27.8 Å². The van der Waals surface area contributed by atoms with Crippen LogP contribution in [0, 0.1) is 0 Å². The molecule has 0 fully saturated rings. The predicted octanol–water partition coefficient (Wildman–Crippen LogP) is 3.13. The summed E-state index contributed by atoms with van der Waals surface area (Å²) in [6.45, 7) is -0.279. The number of benzene rings is 3. The van der Waals surface area contributed by atoms with Gasteiger partial charge in [-0.25, -0.2) is 9.59 Å². The van der Waals surface area contributed by atoms with Crippen molar-refractivity contribution >= 4 is 30.4 Å². The first-order valence-electron chi connectivity index (χ1n) is 11.4. The summed E-state index contributed by atoms with van der Waals surface area (Å²) >= 11 is 0.